The number of halogens is 1. The molecule has 0 aromatic heterocycles. The minimum absolute atomic E-state index is 0.0322. The summed E-state index contributed by atoms with van der Waals surface area (Å²) >= 11 is 0. The maximum atomic E-state index is 15.1. The van der Waals surface area contributed by atoms with Crippen LogP contribution in [0.15, 0.2) is 30.3 Å². The van der Waals surface area contributed by atoms with Gasteiger partial charge in [-0.2, -0.15) is 0 Å². The van der Waals surface area contributed by atoms with E-state index in [2.05, 4.69) is 0 Å². The van der Waals surface area contributed by atoms with Crippen molar-refractivity contribution in [3.05, 3.63) is 35.9 Å². The first-order chi connectivity index (χ1) is 12.1. The summed E-state index contributed by atoms with van der Waals surface area (Å²) in [5.74, 6) is -0.406. The van der Waals surface area contributed by atoms with Crippen molar-refractivity contribution in [2.24, 2.45) is 0 Å². The highest BCUT2D eigenvalue weighted by Gasteiger charge is 2.45. The Kier molecular flexibility index (Phi) is 5.68. The molecule has 0 radical (unpaired) electrons. The molecule has 2 aliphatic heterocycles. The van der Waals surface area contributed by atoms with Gasteiger partial charge >= 0.3 is 0 Å². The van der Waals surface area contributed by atoms with Crippen LogP contribution in [0.2, 0.25) is 0 Å². The number of rotatable bonds is 4. The molecular formula is C19H25FN2O3. The Morgan fingerprint density at radius 3 is 2.28 bits per heavy atom. The second-order valence-corrected chi connectivity index (χ2v) is 6.74. The molecule has 0 spiro atoms. The number of hydrogen-bond acceptors (Lipinski definition) is 3. The standard InChI is InChI=1S/C19H25FN2O3/c20-19(18(24)22-12-14-25-15-13-22)8-10-21(11-9-19)17(23)7-6-16-4-2-1-3-5-16/h1-5H,6-15H2. The van der Waals surface area contributed by atoms with Crippen molar-refractivity contribution in [1.29, 1.82) is 0 Å². The quantitative estimate of drug-likeness (QED) is 0.834. The molecule has 0 aliphatic carbocycles. The third-order valence-corrected chi connectivity index (χ3v) is 5.06. The first-order valence-corrected chi connectivity index (χ1v) is 8.96. The fourth-order valence-electron chi connectivity index (χ4n) is 3.43. The van der Waals surface area contributed by atoms with Crippen LogP contribution in [0, 0.1) is 0 Å². The molecule has 2 fully saturated rings. The topological polar surface area (TPSA) is 49.9 Å². The lowest BCUT2D eigenvalue weighted by Crippen LogP contribution is -2.55. The van der Waals surface area contributed by atoms with E-state index in [0.717, 1.165) is 5.56 Å². The van der Waals surface area contributed by atoms with Crippen LogP contribution in [-0.2, 0) is 20.7 Å². The molecule has 2 aliphatic rings. The minimum Gasteiger partial charge on any atom is -0.378 e. The van der Waals surface area contributed by atoms with Gasteiger partial charge in [-0.25, -0.2) is 4.39 Å². The third-order valence-electron chi connectivity index (χ3n) is 5.06. The van der Waals surface area contributed by atoms with Gasteiger partial charge in [0, 0.05) is 45.4 Å². The normalized spacial score (nSPS) is 20.4. The average molecular weight is 348 g/mol. The first-order valence-electron chi connectivity index (χ1n) is 8.96. The first kappa shape index (κ1) is 17.9. The molecule has 0 saturated carbocycles. The molecule has 1 aromatic rings. The van der Waals surface area contributed by atoms with Crippen LogP contribution in [0.1, 0.15) is 24.8 Å². The summed E-state index contributed by atoms with van der Waals surface area (Å²) < 4.78 is 20.3. The van der Waals surface area contributed by atoms with Crippen LogP contribution in [0.4, 0.5) is 4.39 Å². The summed E-state index contributed by atoms with van der Waals surface area (Å²) in [7, 11) is 0. The molecule has 2 saturated heterocycles. The lowest BCUT2D eigenvalue weighted by atomic mass is 9.91. The summed E-state index contributed by atoms with van der Waals surface area (Å²) in [6.07, 6.45) is 1.27. The number of nitrogens with zero attached hydrogens (tertiary/aromatic N) is 2. The Morgan fingerprint density at radius 1 is 1.00 bits per heavy atom. The van der Waals surface area contributed by atoms with E-state index in [1.807, 2.05) is 30.3 Å². The van der Waals surface area contributed by atoms with Gasteiger partial charge in [0.15, 0.2) is 5.67 Å². The van der Waals surface area contributed by atoms with Crippen LogP contribution in [-0.4, -0.2) is 66.7 Å². The van der Waals surface area contributed by atoms with E-state index >= 15 is 4.39 Å². The van der Waals surface area contributed by atoms with E-state index in [9.17, 15) is 9.59 Å². The Bertz CT molecular complexity index is 594. The molecule has 3 rings (SSSR count). The van der Waals surface area contributed by atoms with Crippen molar-refractivity contribution in [1.82, 2.24) is 9.80 Å². The van der Waals surface area contributed by atoms with Gasteiger partial charge in [0.1, 0.15) is 0 Å². The van der Waals surface area contributed by atoms with Gasteiger partial charge < -0.3 is 14.5 Å². The van der Waals surface area contributed by atoms with Crippen LogP contribution >= 0.6 is 0 Å². The number of carbonyl (C=O) groups excluding carboxylic acids is 2. The summed E-state index contributed by atoms with van der Waals surface area (Å²) in [6.45, 7) is 2.44. The van der Waals surface area contributed by atoms with E-state index in [1.54, 1.807) is 9.80 Å². The van der Waals surface area contributed by atoms with Crippen LogP contribution in [0.5, 0.6) is 0 Å². The lowest BCUT2D eigenvalue weighted by Gasteiger charge is -2.39. The summed E-state index contributed by atoms with van der Waals surface area (Å²) in [4.78, 5) is 28.0. The summed E-state index contributed by atoms with van der Waals surface area (Å²) in [6, 6.07) is 9.85. The van der Waals surface area contributed by atoms with Crippen molar-refractivity contribution < 1.29 is 18.7 Å². The molecule has 0 unspecified atom stereocenters. The number of hydrogen-bond donors (Lipinski definition) is 0. The SMILES string of the molecule is O=C(CCc1ccccc1)N1CCC(F)(C(=O)N2CCOCC2)CC1. The highest BCUT2D eigenvalue weighted by Crippen LogP contribution is 2.29. The molecule has 5 nitrogen and oxygen atoms in total. The number of piperidine rings is 1. The third kappa shape index (κ3) is 4.37. The van der Waals surface area contributed by atoms with Crippen LogP contribution in [0.25, 0.3) is 0 Å². The monoisotopic (exact) mass is 348 g/mol. The van der Waals surface area contributed by atoms with Gasteiger partial charge in [-0.1, -0.05) is 30.3 Å². The van der Waals surface area contributed by atoms with Crippen molar-refractivity contribution >= 4 is 11.8 Å². The maximum Gasteiger partial charge on any atom is 0.260 e. The average Bonchev–Trinajstić information content (AvgIpc) is 2.67. The highest BCUT2D eigenvalue weighted by molar-refractivity contribution is 5.86. The van der Waals surface area contributed by atoms with E-state index in [-0.39, 0.29) is 18.7 Å². The molecule has 6 heteroatoms. The Hall–Kier alpha value is -1.95. The smallest absolute Gasteiger partial charge is 0.260 e. The summed E-state index contributed by atoms with van der Waals surface area (Å²) in [5, 5.41) is 0. The van der Waals surface area contributed by atoms with Crippen molar-refractivity contribution in [3.63, 3.8) is 0 Å². The molecule has 25 heavy (non-hydrogen) atoms. The van der Waals surface area contributed by atoms with Gasteiger partial charge in [-0.05, 0) is 12.0 Å². The maximum absolute atomic E-state index is 15.1. The number of amides is 2. The van der Waals surface area contributed by atoms with E-state index in [0.29, 0.717) is 52.2 Å². The van der Waals surface area contributed by atoms with E-state index in [1.165, 1.54) is 0 Å². The summed E-state index contributed by atoms with van der Waals surface area (Å²) in [5.41, 5.74) is -0.719. The molecule has 2 heterocycles. The molecule has 0 N–H and O–H groups in total. The number of morpholine rings is 1. The minimum atomic E-state index is -1.84. The van der Waals surface area contributed by atoms with Gasteiger partial charge in [0.2, 0.25) is 5.91 Å². The predicted octanol–water partition coefficient (Wildman–Crippen LogP) is 1.81. The fourth-order valence-corrected chi connectivity index (χ4v) is 3.43. The van der Waals surface area contributed by atoms with Gasteiger partial charge in [0.05, 0.1) is 13.2 Å². The number of alkyl halides is 1. The number of likely N-dealkylation sites (tertiary alicyclic amines) is 1. The lowest BCUT2D eigenvalue weighted by molar-refractivity contribution is -0.153. The number of benzene rings is 1. The fraction of sp³-hybridized carbons (Fsp3) is 0.579. The molecular weight excluding hydrogens is 323 g/mol. The molecule has 1 aromatic carbocycles. The van der Waals surface area contributed by atoms with Crippen LogP contribution < -0.4 is 0 Å². The zero-order valence-electron chi connectivity index (χ0n) is 14.5. The number of carbonyl (C=O) groups is 2. The van der Waals surface area contributed by atoms with Crippen molar-refractivity contribution in [2.75, 3.05) is 39.4 Å². The zero-order chi connectivity index (χ0) is 17.7. The van der Waals surface area contributed by atoms with E-state index < -0.39 is 11.6 Å². The van der Waals surface area contributed by atoms with Crippen molar-refractivity contribution in [2.45, 2.75) is 31.4 Å². The largest absolute Gasteiger partial charge is 0.378 e. The molecule has 2 amide bonds. The molecule has 0 atom stereocenters. The van der Waals surface area contributed by atoms with Crippen LogP contribution in [0.3, 0.4) is 0 Å². The second-order valence-electron chi connectivity index (χ2n) is 6.74. The second kappa shape index (κ2) is 7.95. The Balaban J connectivity index is 1.48. The predicted molar refractivity (Wildman–Crippen MR) is 91.8 cm³/mol. The number of aryl methyl sites for hydroxylation is 1. The zero-order valence-corrected chi connectivity index (χ0v) is 14.5. The van der Waals surface area contributed by atoms with Gasteiger partial charge in [-0.15, -0.1) is 0 Å². The van der Waals surface area contributed by atoms with Gasteiger partial charge in [-0.3, -0.25) is 9.59 Å². The number of ether oxygens (including phenoxy) is 1. The van der Waals surface area contributed by atoms with E-state index in [4.69, 9.17) is 4.74 Å². The molecule has 0 bridgehead atoms. The molecule has 136 valence electrons. The Labute approximate surface area is 147 Å². The van der Waals surface area contributed by atoms with Gasteiger partial charge in [0.25, 0.3) is 5.91 Å². The highest BCUT2D eigenvalue weighted by atomic mass is 19.1. The van der Waals surface area contributed by atoms with Crippen molar-refractivity contribution in [3.8, 4) is 0 Å². The Morgan fingerprint density at radius 2 is 1.64 bits per heavy atom.